The molecule has 0 amide bonds. The molecule has 1 aromatic heterocycles. The number of anilines is 1. The molecule has 1 aliphatic heterocycles. The van der Waals surface area contributed by atoms with Crippen LogP contribution in [0.1, 0.15) is 0 Å². The van der Waals surface area contributed by atoms with Gasteiger partial charge in [-0.05, 0) is 6.07 Å². The van der Waals surface area contributed by atoms with Crippen molar-refractivity contribution in [1.29, 1.82) is 0 Å². The average molecular weight is 137 g/mol. The number of H-pyrrole nitrogens is 1. The Morgan fingerprint density at radius 1 is 1.50 bits per heavy atom. The van der Waals surface area contributed by atoms with Crippen molar-refractivity contribution in [2.24, 2.45) is 0 Å². The SMILES string of the molecule is c1cc(NC2CNC2)c[nH]1. The Bertz CT molecular complexity index is 189. The van der Waals surface area contributed by atoms with Gasteiger partial charge < -0.3 is 15.6 Å². The average Bonchev–Trinajstić information content (AvgIpc) is 2.29. The molecule has 10 heavy (non-hydrogen) atoms. The first-order valence-electron chi connectivity index (χ1n) is 3.55. The molecule has 1 saturated heterocycles. The second-order valence-electron chi connectivity index (χ2n) is 2.60. The Morgan fingerprint density at radius 3 is 2.90 bits per heavy atom. The second kappa shape index (κ2) is 2.34. The highest BCUT2D eigenvalue weighted by atomic mass is 15.1. The number of nitrogens with one attached hydrogen (secondary N) is 3. The lowest BCUT2D eigenvalue weighted by Crippen LogP contribution is -2.51. The fourth-order valence-electron chi connectivity index (χ4n) is 1.04. The monoisotopic (exact) mass is 137 g/mol. The molecule has 3 heteroatoms. The standard InChI is InChI=1S/C7H11N3/c1-2-8-3-6(1)10-7-4-9-5-7/h1-3,7-10H,4-5H2. The molecule has 0 bridgehead atoms. The second-order valence-corrected chi connectivity index (χ2v) is 2.60. The van der Waals surface area contributed by atoms with Gasteiger partial charge in [0.2, 0.25) is 0 Å². The molecule has 0 aliphatic carbocycles. The zero-order valence-corrected chi connectivity index (χ0v) is 5.72. The Kier molecular flexibility index (Phi) is 1.36. The van der Waals surface area contributed by atoms with Gasteiger partial charge in [0.1, 0.15) is 0 Å². The van der Waals surface area contributed by atoms with Crippen LogP contribution in [0.25, 0.3) is 0 Å². The minimum atomic E-state index is 0.635. The summed E-state index contributed by atoms with van der Waals surface area (Å²) in [4.78, 5) is 3.00. The van der Waals surface area contributed by atoms with Gasteiger partial charge in [-0.3, -0.25) is 0 Å². The molecule has 0 saturated carbocycles. The lowest BCUT2D eigenvalue weighted by Gasteiger charge is -2.28. The Balaban J connectivity index is 1.90. The Labute approximate surface area is 59.8 Å². The highest BCUT2D eigenvalue weighted by Crippen LogP contribution is 2.07. The normalized spacial score (nSPS) is 18.4. The zero-order valence-electron chi connectivity index (χ0n) is 5.72. The first-order valence-corrected chi connectivity index (χ1v) is 3.55. The molecule has 2 rings (SSSR count). The molecule has 2 heterocycles. The summed E-state index contributed by atoms with van der Waals surface area (Å²) in [6, 6.07) is 2.68. The van der Waals surface area contributed by atoms with Crippen LogP contribution in [-0.4, -0.2) is 24.1 Å². The summed E-state index contributed by atoms with van der Waals surface area (Å²) in [7, 11) is 0. The molecule has 1 aliphatic rings. The molecule has 1 fully saturated rings. The maximum absolute atomic E-state index is 3.36. The molecule has 0 unspecified atom stereocenters. The van der Waals surface area contributed by atoms with Gasteiger partial charge in [-0.2, -0.15) is 0 Å². The van der Waals surface area contributed by atoms with Crippen LogP contribution in [0.4, 0.5) is 5.69 Å². The van der Waals surface area contributed by atoms with Crippen LogP contribution in [0, 0.1) is 0 Å². The Hall–Kier alpha value is -0.960. The summed E-state index contributed by atoms with van der Waals surface area (Å²) in [5.74, 6) is 0. The molecular weight excluding hydrogens is 126 g/mol. The molecule has 0 spiro atoms. The molecular formula is C7H11N3. The van der Waals surface area contributed by atoms with E-state index in [1.54, 1.807) is 0 Å². The van der Waals surface area contributed by atoms with Crippen LogP contribution in [-0.2, 0) is 0 Å². The van der Waals surface area contributed by atoms with E-state index in [1.165, 1.54) is 5.69 Å². The largest absolute Gasteiger partial charge is 0.379 e. The number of hydrogen-bond donors (Lipinski definition) is 3. The summed E-state index contributed by atoms with van der Waals surface area (Å²) in [6.45, 7) is 2.18. The smallest absolute Gasteiger partial charge is 0.0520 e. The van der Waals surface area contributed by atoms with Crippen molar-refractivity contribution in [2.45, 2.75) is 6.04 Å². The fourth-order valence-corrected chi connectivity index (χ4v) is 1.04. The fraction of sp³-hybridized carbons (Fsp3) is 0.429. The number of aromatic amines is 1. The first kappa shape index (κ1) is 5.80. The third-order valence-corrected chi connectivity index (χ3v) is 1.75. The summed E-state index contributed by atoms with van der Waals surface area (Å²) in [5, 5.41) is 6.57. The van der Waals surface area contributed by atoms with E-state index in [-0.39, 0.29) is 0 Å². The number of hydrogen-bond acceptors (Lipinski definition) is 2. The van der Waals surface area contributed by atoms with Crippen molar-refractivity contribution in [1.82, 2.24) is 10.3 Å². The predicted molar refractivity (Wildman–Crippen MR) is 41.1 cm³/mol. The lowest BCUT2D eigenvalue weighted by atomic mass is 10.2. The highest BCUT2D eigenvalue weighted by Gasteiger charge is 2.15. The van der Waals surface area contributed by atoms with Gasteiger partial charge in [0, 0.05) is 25.5 Å². The summed E-state index contributed by atoms with van der Waals surface area (Å²) in [5.41, 5.74) is 1.19. The first-order chi connectivity index (χ1) is 4.95. The topological polar surface area (TPSA) is 39.8 Å². The Morgan fingerprint density at radius 2 is 2.40 bits per heavy atom. The minimum Gasteiger partial charge on any atom is -0.379 e. The van der Waals surface area contributed by atoms with Gasteiger partial charge in [0.25, 0.3) is 0 Å². The van der Waals surface area contributed by atoms with Crippen molar-refractivity contribution in [2.75, 3.05) is 18.4 Å². The van der Waals surface area contributed by atoms with Crippen molar-refractivity contribution in [3.05, 3.63) is 18.5 Å². The third kappa shape index (κ3) is 0.998. The number of rotatable bonds is 2. The van der Waals surface area contributed by atoms with E-state index < -0.39 is 0 Å². The van der Waals surface area contributed by atoms with E-state index >= 15 is 0 Å². The van der Waals surface area contributed by atoms with Gasteiger partial charge in [0.15, 0.2) is 0 Å². The van der Waals surface area contributed by atoms with Gasteiger partial charge in [-0.15, -0.1) is 0 Å². The van der Waals surface area contributed by atoms with Gasteiger partial charge >= 0.3 is 0 Å². The molecule has 1 aromatic rings. The van der Waals surface area contributed by atoms with E-state index in [9.17, 15) is 0 Å². The third-order valence-electron chi connectivity index (χ3n) is 1.75. The van der Waals surface area contributed by atoms with Crippen LogP contribution in [0.2, 0.25) is 0 Å². The maximum Gasteiger partial charge on any atom is 0.0520 e. The highest BCUT2D eigenvalue weighted by molar-refractivity contribution is 5.42. The van der Waals surface area contributed by atoms with Gasteiger partial charge in [0.05, 0.1) is 11.7 Å². The van der Waals surface area contributed by atoms with E-state index in [4.69, 9.17) is 0 Å². The van der Waals surface area contributed by atoms with Gasteiger partial charge in [-0.1, -0.05) is 0 Å². The summed E-state index contributed by atoms with van der Waals surface area (Å²) >= 11 is 0. The van der Waals surface area contributed by atoms with Crippen LogP contribution in [0.5, 0.6) is 0 Å². The van der Waals surface area contributed by atoms with Crippen molar-refractivity contribution >= 4 is 5.69 Å². The summed E-state index contributed by atoms with van der Waals surface area (Å²) < 4.78 is 0. The minimum absolute atomic E-state index is 0.635. The molecule has 3 N–H and O–H groups in total. The molecule has 0 atom stereocenters. The quantitative estimate of drug-likeness (QED) is 0.552. The van der Waals surface area contributed by atoms with Crippen molar-refractivity contribution in [3.63, 3.8) is 0 Å². The lowest BCUT2D eigenvalue weighted by molar-refractivity contribution is 0.472. The van der Waals surface area contributed by atoms with E-state index in [1.807, 2.05) is 18.5 Å². The van der Waals surface area contributed by atoms with Crippen LogP contribution < -0.4 is 10.6 Å². The molecule has 3 nitrogen and oxygen atoms in total. The van der Waals surface area contributed by atoms with Crippen LogP contribution >= 0.6 is 0 Å². The van der Waals surface area contributed by atoms with Crippen molar-refractivity contribution < 1.29 is 0 Å². The zero-order chi connectivity index (χ0) is 6.81. The van der Waals surface area contributed by atoms with Gasteiger partial charge in [-0.25, -0.2) is 0 Å². The number of aromatic nitrogens is 1. The maximum atomic E-state index is 3.36. The van der Waals surface area contributed by atoms with Crippen molar-refractivity contribution in [3.8, 4) is 0 Å². The van der Waals surface area contributed by atoms with E-state index in [2.05, 4.69) is 15.6 Å². The van der Waals surface area contributed by atoms with Crippen LogP contribution in [0.3, 0.4) is 0 Å². The van der Waals surface area contributed by atoms with Crippen LogP contribution in [0.15, 0.2) is 18.5 Å². The van der Waals surface area contributed by atoms with E-state index in [0.29, 0.717) is 6.04 Å². The molecule has 0 aromatic carbocycles. The molecule has 0 radical (unpaired) electrons. The summed E-state index contributed by atoms with van der Waals surface area (Å²) in [6.07, 6.45) is 3.90. The predicted octanol–water partition coefficient (Wildman–Crippen LogP) is 0.398. The molecule has 54 valence electrons. The van der Waals surface area contributed by atoms with E-state index in [0.717, 1.165) is 13.1 Å².